The lowest BCUT2D eigenvalue weighted by atomic mass is 9.88. The summed E-state index contributed by atoms with van der Waals surface area (Å²) >= 11 is 0. The molecular weight excluding hydrogens is 292 g/mol. The molecule has 0 aromatic heterocycles. The smallest absolute Gasteiger partial charge is 0.193 e. The van der Waals surface area contributed by atoms with Crippen molar-refractivity contribution in [2.45, 2.75) is 31.2 Å². The van der Waals surface area contributed by atoms with Crippen LogP contribution in [0.25, 0.3) is 0 Å². The highest BCUT2D eigenvalue weighted by atomic mass is 16.5. The summed E-state index contributed by atoms with van der Waals surface area (Å²) in [4.78, 5) is 8.89. The number of ether oxygens (including phenoxy) is 2. The van der Waals surface area contributed by atoms with E-state index in [9.17, 15) is 0 Å². The zero-order valence-corrected chi connectivity index (χ0v) is 15.3. The highest BCUT2D eigenvalue weighted by Gasteiger charge is 2.35. The minimum atomic E-state index is 0.150. The number of guanidine groups is 1. The molecule has 1 aliphatic heterocycles. The van der Waals surface area contributed by atoms with E-state index in [0.29, 0.717) is 0 Å². The van der Waals surface area contributed by atoms with Gasteiger partial charge < -0.3 is 24.6 Å². The Kier molecular flexibility index (Phi) is 7.11. The Labute approximate surface area is 141 Å². The highest BCUT2D eigenvalue weighted by Crippen LogP contribution is 2.28. The predicted octanol–water partition coefficient (Wildman–Crippen LogP) is 1.03. The lowest BCUT2D eigenvalue weighted by Gasteiger charge is -2.43. The normalized spacial score (nSPS) is 21.5. The maximum absolute atomic E-state index is 5.73. The molecule has 1 heterocycles. The van der Waals surface area contributed by atoms with Crippen LogP contribution >= 0.6 is 0 Å². The summed E-state index contributed by atoms with van der Waals surface area (Å²) in [7, 11) is 8.23. The summed E-state index contributed by atoms with van der Waals surface area (Å²) in [5, 5.41) is 3.55. The van der Waals surface area contributed by atoms with Crippen molar-refractivity contribution in [3.05, 3.63) is 0 Å². The van der Waals surface area contributed by atoms with Gasteiger partial charge >= 0.3 is 0 Å². The van der Waals surface area contributed by atoms with Crippen molar-refractivity contribution >= 4 is 5.96 Å². The molecule has 6 heteroatoms. The van der Waals surface area contributed by atoms with Crippen LogP contribution in [0.5, 0.6) is 0 Å². The minimum absolute atomic E-state index is 0.150. The Balaban J connectivity index is 1.75. The van der Waals surface area contributed by atoms with Gasteiger partial charge in [-0.25, -0.2) is 0 Å². The molecule has 1 aliphatic carbocycles. The molecule has 1 saturated carbocycles. The summed E-state index contributed by atoms with van der Waals surface area (Å²) in [5.41, 5.74) is 0.150. The summed E-state index contributed by atoms with van der Waals surface area (Å²) < 4.78 is 11.3. The van der Waals surface area contributed by atoms with E-state index in [-0.39, 0.29) is 5.54 Å². The van der Waals surface area contributed by atoms with Crippen molar-refractivity contribution < 1.29 is 9.47 Å². The van der Waals surface area contributed by atoms with Crippen molar-refractivity contribution in [2.24, 2.45) is 10.9 Å². The highest BCUT2D eigenvalue weighted by molar-refractivity contribution is 5.79. The van der Waals surface area contributed by atoms with Crippen molar-refractivity contribution in [1.29, 1.82) is 0 Å². The molecule has 0 bridgehead atoms. The summed E-state index contributed by atoms with van der Waals surface area (Å²) in [6.07, 6.45) is 4.79. The molecule has 0 spiro atoms. The molecule has 2 aliphatic rings. The van der Waals surface area contributed by atoms with Crippen LogP contribution in [0.4, 0.5) is 0 Å². The SMILES string of the molecule is CN=C(NCC1(N(C)C)CCOCC1)N(C)CCOCC1CC1. The Morgan fingerprint density at radius 3 is 2.52 bits per heavy atom. The second kappa shape index (κ2) is 8.85. The number of hydrogen-bond acceptors (Lipinski definition) is 4. The fraction of sp³-hybridized carbons (Fsp3) is 0.941. The van der Waals surface area contributed by atoms with E-state index in [1.54, 1.807) is 0 Å². The first-order valence-electron chi connectivity index (χ1n) is 8.82. The third-order valence-electron chi connectivity index (χ3n) is 5.14. The van der Waals surface area contributed by atoms with Crippen LogP contribution in [-0.4, -0.2) is 89.0 Å². The molecule has 6 nitrogen and oxygen atoms in total. The summed E-state index contributed by atoms with van der Waals surface area (Å²) in [5.74, 6) is 1.76. The maximum Gasteiger partial charge on any atom is 0.193 e. The standard InChI is InChI=1S/C17H34N4O2/c1-18-16(21(4)9-12-23-13-15-5-6-15)19-14-17(20(2)3)7-10-22-11-8-17/h15H,5-14H2,1-4H3,(H,18,19). The van der Waals surface area contributed by atoms with Crippen molar-refractivity contribution in [2.75, 3.05) is 67.7 Å². The Bertz CT molecular complexity index is 377. The maximum atomic E-state index is 5.73. The van der Waals surface area contributed by atoms with Gasteiger partial charge in [0.15, 0.2) is 5.96 Å². The molecule has 1 saturated heterocycles. The van der Waals surface area contributed by atoms with Gasteiger partial charge in [0.25, 0.3) is 0 Å². The third-order valence-corrected chi connectivity index (χ3v) is 5.14. The molecule has 134 valence electrons. The predicted molar refractivity (Wildman–Crippen MR) is 94.0 cm³/mol. The van der Waals surface area contributed by atoms with E-state index in [1.165, 1.54) is 12.8 Å². The van der Waals surface area contributed by atoms with E-state index < -0.39 is 0 Å². The zero-order chi connectivity index (χ0) is 16.7. The molecule has 0 radical (unpaired) electrons. The summed E-state index contributed by atoms with van der Waals surface area (Å²) in [6.45, 7) is 5.12. The lowest BCUT2D eigenvalue weighted by molar-refractivity contribution is -0.00525. The average Bonchev–Trinajstić information content (AvgIpc) is 3.37. The van der Waals surface area contributed by atoms with E-state index >= 15 is 0 Å². The number of hydrogen-bond donors (Lipinski definition) is 1. The van der Waals surface area contributed by atoms with Crippen LogP contribution in [-0.2, 0) is 9.47 Å². The molecule has 23 heavy (non-hydrogen) atoms. The van der Waals surface area contributed by atoms with E-state index in [4.69, 9.17) is 9.47 Å². The fourth-order valence-electron chi connectivity index (χ4n) is 3.00. The van der Waals surface area contributed by atoms with Crippen LogP contribution < -0.4 is 5.32 Å². The molecule has 0 aromatic rings. The van der Waals surface area contributed by atoms with Gasteiger partial charge in [-0.2, -0.15) is 0 Å². The number of aliphatic imine (C=N–C) groups is 1. The van der Waals surface area contributed by atoms with Gasteiger partial charge in [-0.3, -0.25) is 4.99 Å². The van der Waals surface area contributed by atoms with Crippen LogP contribution in [0.3, 0.4) is 0 Å². The molecule has 1 N–H and O–H groups in total. The third kappa shape index (κ3) is 5.62. The molecule has 0 aromatic carbocycles. The van der Waals surface area contributed by atoms with Crippen LogP contribution in [0.2, 0.25) is 0 Å². The van der Waals surface area contributed by atoms with Crippen molar-refractivity contribution in [3.63, 3.8) is 0 Å². The van der Waals surface area contributed by atoms with Gasteiger partial charge in [-0.05, 0) is 45.7 Å². The topological polar surface area (TPSA) is 49.3 Å². The number of likely N-dealkylation sites (N-methyl/N-ethyl adjacent to an activating group) is 2. The van der Waals surface area contributed by atoms with Crippen LogP contribution in [0.1, 0.15) is 25.7 Å². The molecule has 0 unspecified atom stereocenters. The Hall–Kier alpha value is -0.850. The molecular formula is C17H34N4O2. The molecule has 0 amide bonds. The van der Waals surface area contributed by atoms with E-state index in [1.807, 2.05) is 7.05 Å². The fourth-order valence-corrected chi connectivity index (χ4v) is 3.00. The number of nitrogens with zero attached hydrogens (tertiary/aromatic N) is 3. The largest absolute Gasteiger partial charge is 0.381 e. The zero-order valence-electron chi connectivity index (χ0n) is 15.3. The van der Waals surface area contributed by atoms with Gasteiger partial charge in [0, 0.05) is 52.5 Å². The Morgan fingerprint density at radius 2 is 1.96 bits per heavy atom. The first kappa shape index (κ1) is 18.5. The van der Waals surface area contributed by atoms with Gasteiger partial charge in [0.2, 0.25) is 0 Å². The lowest BCUT2D eigenvalue weighted by Crippen LogP contribution is -2.57. The molecule has 0 atom stereocenters. The Morgan fingerprint density at radius 1 is 1.26 bits per heavy atom. The van der Waals surface area contributed by atoms with E-state index in [2.05, 4.69) is 41.3 Å². The van der Waals surface area contributed by atoms with Gasteiger partial charge in [-0.15, -0.1) is 0 Å². The second-order valence-corrected chi connectivity index (χ2v) is 7.07. The average molecular weight is 326 g/mol. The molecule has 2 fully saturated rings. The van der Waals surface area contributed by atoms with Crippen molar-refractivity contribution in [3.8, 4) is 0 Å². The second-order valence-electron chi connectivity index (χ2n) is 7.07. The first-order valence-corrected chi connectivity index (χ1v) is 8.82. The van der Waals surface area contributed by atoms with Gasteiger partial charge in [-0.1, -0.05) is 0 Å². The summed E-state index contributed by atoms with van der Waals surface area (Å²) in [6, 6.07) is 0. The molecule has 2 rings (SSSR count). The number of rotatable bonds is 8. The van der Waals surface area contributed by atoms with Crippen LogP contribution in [0, 0.1) is 5.92 Å². The minimum Gasteiger partial charge on any atom is -0.381 e. The van der Waals surface area contributed by atoms with Crippen molar-refractivity contribution in [1.82, 2.24) is 15.1 Å². The quantitative estimate of drug-likeness (QED) is 0.410. The van der Waals surface area contributed by atoms with Gasteiger partial charge in [0.05, 0.1) is 6.61 Å². The van der Waals surface area contributed by atoms with E-state index in [0.717, 1.165) is 64.2 Å². The monoisotopic (exact) mass is 326 g/mol. The van der Waals surface area contributed by atoms with Crippen LogP contribution in [0.15, 0.2) is 4.99 Å². The van der Waals surface area contributed by atoms with Gasteiger partial charge in [0.1, 0.15) is 0 Å². The first-order chi connectivity index (χ1) is 11.1. The number of nitrogens with one attached hydrogen (secondary N) is 1.